The molecule has 0 radical (unpaired) electrons. The molecule has 3 rings (SSSR count). The number of carbonyl (C=O) groups excluding carboxylic acids is 1. The van der Waals surface area contributed by atoms with Crippen molar-refractivity contribution in [3.8, 4) is 0 Å². The Labute approximate surface area is 101 Å². The Balaban J connectivity index is 1.69. The zero-order valence-electron chi connectivity index (χ0n) is 10.2. The van der Waals surface area contributed by atoms with E-state index in [1.54, 1.807) is 6.20 Å². The molecule has 0 saturated heterocycles. The first kappa shape index (κ1) is 10.8. The average molecular weight is 233 g/mol. The van der Waals surface area contributed by atoms with Crippen LogP contribution in [0.3, 0.4) is 0 Å². The van der Waals surface area contributed by atoms with Gasteiger partial charge in [-0.05, 0) is 38.5 Å². The van der Waals surface area contributed by atoms with Crippen molar-refractivity contribution in [2.45, 2.75) is 45.1 Å². The minimum Gasteiger partial charge on any atom is -0.311 e. The van der Waals surface area contributed by atoms with Crippen molar-refractivity contribution >= 4 is 11.7 Å². The van der Waals surface area contributed by atoms with E-state index in [2.05, 4.69) is 17.3 Å². The summed E-state index contributed by atoms with van der Waals surface area (Å²) in [4.78, 5) is 11.9. The second-order valence-electron chi connectivity index (χ2n) is 5.36. The molecule has 1 heterocycles. The molecule has 0 spiro atoms. The van der Waals surface area contributed by atoms with Crippen LogP contribution in [0.15, 0.2) is 12.3 Å². The molecule has 0 aliphatic heterocycles. The molecule has 4 nitrogen and oxygen atoms in total. The lowest BCUT2D eigenvalue weighted by Gasteiger charge is -2.24. The summed E-state index contributed by atoms with van der Waals surface area (Å²) >= 11 is 0. The summed E-state index contributed by atoms with van der Waals surface area (Å²) in [5, 5.41) is 7.35. The van der Waals surface area contributed by atoms with E-state index < -0.39 is 0 Å². The van der Waals surface area contributed by atoms with Gasteiger partial charge in [-0.2, -0.15) is 5.10 Å². The third kappa shape index (κ3) is 2.08. The largest absolute Gasteiger partial charge is 0.311 e. The Morgan fingerprint density at radius 3 is 2.82 bits per heavy atom. The van der Waals surface area contributed by atoms with E-state index in [-0.39, 0.29) is 11.8 Å². The molecule has 2 aliphatic carbocycles. The Hall–Kier alpha value is -1.32. The molecule has 2 fully saturated rings. The predicted octanol–water partition coefficient (Wildman–Crippen LogP) is 2.59. The topological polar surface area (TPSA) is 46.9 Å². The van der Waals surface area contributed by atoms with E-state index in [0.717, 1.165) is 24.6 Å². The first-order valence-electron chi connectivity index (χ1n) is 6.60. The molecule has 1 N–H and O–H groups in total. The number of rotatable bonds is 4. The number of amides is 1. The summed E-state index contributed by atoms with van der Waals surface area (Å²) in [7, 11) is 0. The first-order chi connectivity index (χ1) is 8.25. The summed E-state index contributed by atoms with van der Waals surface area (Å²) in [6.07, 6.45) is 7.62. The van der Waals surface area contributed by atoms with Crippen molar-refractivity contribution in [1.82, 2.24) is 9.78 Å². The van der Waals surface area contributed by atoms with Crippen LogP contribution in [0.2, 0.25) is 0 Å². The fraction of sp³-hybridized carbons (Fsp3) is 0.692. The van der Waals surface area contributed by atoms with Crippen LogP contribution >= 0.6 is 0 Å². The molecular formula is C13H19N3O. The van der Waals surface area contributed by atoms with Gasteiger partial charge in [-0.15, -0.1) is 0 Å². The van der Waals surface area contributed by atoms with Gasteiger partial charge in [0.1, 0.15) is 5.82 Å². The fourth-order valence-corrected chi connectivity index (χ4v) is 2.41. The second-order valence-corrected chi connectivity index (χ2v) is 5.36. The van der Waals surface area contributed by atoms with E-state index in [1.807, 2.05) is 10.7 Å². The minimum atomic E-state index is 0.168. The first-order valence-corrected chi connectivity index (χ1v) is 6.60. The maximum Gasteiger partial charge on any atom is 0.228 e. The van der Waals surface area contributed by atoms with Crippen molar-refractivity contribution in [3.63, 3.8) is 0 Å². The lowest BCUT2D eigenvalue weighted by molar-refractivity contribution is -0.122. The van der Waals surface area contributed by atoms with Crippen LogP contribution in [0.5, 0.6) is 0 Å². The summed E-state index contributed by atoms with van der Waals surface area (Å²) in [5.74, 6) is 2.01. The van der Waals surface area contributed by atoms with E-state index >= 15 is 0 Å². The van der Waals surface area contributed by atoms with Crippen LogP contribution in [0.25, 0.3) is 0 Å². The molecule has 0 bridgehead atoms. The molecular weight excluding hydrogens is 214 g/mol. The SMILES string of the molecule is CC(C1CC1)n1nccc1NC(=O)C1CCC1. The maximum atomic E-state index is 11.9. The number of carbonyl (C=O) groups is 1. The highest BCUT2D eigenvalue weighted by Gasteiger charge is 2.31. The zero-order valence-corrected chi connectivity index (χ0v) is 10.2. The smallest absolute Gasteiger partial charge is 0.228 e. The minimum absolute atomic E-state index is 0.168. The molecule has 1 unspecified atom stereocenters. The van der Waals surface area contributed by atoms with Crippen LogP contribution < -0.4 is 5.32 Å². The van der Waals surface area contributed by atoms with E-state index in [9.17, 15) is 4.79 Å². The highest BCUT2D eigenvalue weighted by Crippen LogP contribution is 2.40. The van der Waals surface area contributed by atoms with Gasteiger partial charge in [-0.25, -0.2) is 4.68 Å². The molecule has 92 valence electrons. The number of hydrogen-bond acceptors (Lipinski definition) is 2. The van der Waals surface area contributed by atoms with Crippen molar-refractivity contribution in [2.75, 3.05) is 5.32 Å². The van der Waals surface area contributed by atoms with Crippen LogP contribution in [0.1, 0.15) is 45.1 Å². The van der Waals surface area contributed by atoms with Gasteiger partial charge in [-0.1, -0.05) is 6.42 Å². The monoisotopic (exact) mass is 233 g/mol. The normalized spacial score (nSPS) is 21.9. The number of anilines is 1. The average Bonchev–Trinajstić information content (AvgIpc) is 2.96. The highest BCUT2D eigenvalue weighted by molar-refractivity contribution is 5.92. The van der Waals surface area contributed by atoms with Gasteiger partial charge in [0.15, 0.2) is 0 Å². The Morgan fingerprint density at radius 1 is 1.47 bits per heavy atom. The Kier molecular flexibility index (Phi) is 2.65. The molecule has 1 aromatic rings. The molecule has 1 atom stereocenters. The summed E-state index contributed by atoms with van der Waals surface area (Å²) < 4.78 is 1.97. The summed E-state index contributed by atoms with van der Waals surface area (Å²) in [6.45, 7) is 2.18. The van der Waals surface area contributed by atoms with Crippen molar-refractivity contribution in [1.29, 1.82) is 0 Å². The van der Waals surface area contributed by atoms with E-state index in [4.69, 9.17) is 0 Å². The third-order valence-corrected chi connectivity index (χ3v) is 4.09. The van der Waals surface area contributed by atoms with Gasteiger partial charge >= 0.3 is 0 Å². The van der Waals surface area contributed by atoms with Gasteiger partial charge < -0.3 is 5.32 Å². The molecule has 17 heavy (non-hydrogen) atoms. The van der Waals surface area contributed by atoms with Crippen molar-refractivity contribution < 1.29 is 4.79 Å². The predicted molar refractivity (Wildman–Crippen MR) is 65.6 cm³/mol. The molecule has 0 aromatic carbocycles. The summed E-state index contributed by atoms with van der Waals surface area (Å²) in [5.41, 5.74) is 0. The number of nitrogens with zero attached hydrogens (tertiary/aromatic N) is 2. The Morgan fingerprint density at radius 2 is 2.24 bits per heavy atom. The van der Waals surface area contributed by atoms with E-state index in [1.165, 1.54) is 19.3 Å². The summed E-state index contributed by atoms with van der Waals surface area (Å²) in [6, 6.07) is 2.30. The third-order valence-electron chi connectivity index (χ3n) is 4.09. The van der Waals surface area contributed by atoms with Gasteiger partial charge in [0, 0.05) is 12.0 Å². The lowest BCUT2D eigenvalue weighted by Crippen LogP contribution is -2.29. The lowest BCUT2D eigenvalue weighted by atomic mass is 9.85. The van der Waals surface area contributed by atoms with Crippen LogP contribution in [0, 0.1) is 11.8 Å². The molecule has 2 aliphatic rings. The quantitative estimate of drug-likeness (QED) is 0.868. The standard InChI is InChI=1S/C13H19N3O/c1-9(10-5-6-10)16-12(7-8-14-16)15-13(17)11-3-2-4-11/h7-11H,2-6H2,1H3,(H,15,17). The molecule has 2 saturated carbocycles. The fourth-order valence-electron chi connectivity index (χ4n) is 2.41. The van der Waals surface area contributed by atoms with Gasteiger partial charge in [0.05, 0.1) is 12.2 Å². The number of aromatic nitrogens is 2. The molecule has 4 heteroatoms. The molecule has 1 amide bonds. The highest BCUT2D eigenvalue weighted by atomic mass is 16.2. The van der Waals surface area contributed by atoms with Crippen LogP contribution in [0.4, 0.5) is 5.82 Å². The number of hydrogen-bond donors (Lipinski definition) is 1. The van der Waals surface area contributed by atoms with Crippen molar-refractivity contribution in [3.05, 3.63) is 12.3 Å². The van der Waals surface area contributed by atoms with Crippen LogP contribution in [-0.4, -0.2) is 15.7 Å². The van der Waals surface area contributed by atoms with Gasteiger partial charge in [-0.3, -0.25) is 4.79 Å². The van der Waals surface area contributed by atoms with Crippen molar-refractivity contribution in [2.24, 2.45) is 11.8 Å². The molecule has 1 aromatic heterocycles. The van der Waals surface area contributed by atoms with E-state index in [0.29, 0.717) is 6.04 Å². The zero-order chi connectivity index (χ0) is 11.8. The van der Waals surface area contributed by atoms with Gasteiger partial charge in [0.25, 0.3) is 0 Å². The van der Waals surface area contributed by atoms with Gasteiger partial charge in [0.2, 0.25) is 5.91 Å². The Bertz CT molecular complexity index is 418. The van der Waals surface area contributed by atoms with Crippen LogP contribution in [-0.2, 0) is 4.79 Å². The second kappa shape index (κ2) is 4.17. The number of nitrogens with one attached hydrogen (secondary N) is 1. The maximum absolute atomic E-state index is 11.9.